The van der Waals surface area contributed by atoms with Crippen molar-refractivity contribution in [3.8, 4) is 28.6 Å². The summed E-state index contributed by atoms with van der Waals surface area (Å²) >= 11 is 3.38. The summed E-state index contributed by atoms with van der Waals surface area (Å²) < 4.78 is 28.8. The molecule has 4 aromatic rings. The average molecular weight is 511 g/mol. The van der Waals surface area contributed by atoms with E-state index in [1.165, 1.54) is 0 Å². The van der Waals surface area contributed by atoms with Crippen LogP contribution in [-0.4, -0.2) is 24.3 Å². The van der Waals surface area contributed by atoms with Gasteiger partial charge in [-0.3, -0.25) is 4.79 Å². The first kappa shape index (κ1) is 21.1. The molecule has 5 rings (SSSR count). The molecule has 2 aromatic heterocycles. The van der Waals surface area contributed by atoms with Crippen molar-refractivity contribution in [3.63, 3.8) is 0 Å². The molecule has 168 valence electrons. The lowest BCUT2D eigenvalue weighted by atomic mass is 10.1. The van der Waals surface area contributed by atoms with Gasteiger partial charge in [-0.15, -0.1) is 0 Å². The summed E-state index contributed by atoms with van der Waals surface area (Å²) in [6.45, 7) is 1.46. The predicted octanol–water partition coefficient (Wildman–Crippen LogP) is 4.98. The van der Waals surface area contributed by atoms with Gasteiger partial charge in [0.05, 0.1) is 6.54 Å². The van der Waals surface area contributed by atoms with Crippen LogP contribution in [-0.2, 0) is 13.2 Å². The Morgan fingerprint density at radius 2 is 1.82 bits per heavy atom. The first-order chi connectivity index (χ1) is 16.1. The Kier molecular flexibility index (Phi) is 6.03. The number of nitrogens with zero attached hydrogens (tertiary/aromatic N) is 1. The number of rotatable bonds is 7. The van der Waals surface area contributed by atoms with E-state index in [1.54, 1.807) is 18.2 Å². The molecular formula is C24H19BrN2O6. The molecule has 0 aliphatic carbocycles. The fraction of sp³-hybridized carbons (Fsp3) is 0.167. The Morgan fingerprint density at radius 3 is 2.67 bits per heavy atom. The van der Waals surface area contributed by atoms with Crippen LogP contribution < -0.4 is 19.5 Å². The quantitative estimate of drug-likeness (QED) is 0.374. The van der Waals surface area contributed by atoms with Gasteiger partial charge in [-0.1, -0.05) is 21.1 Å². The van der Waals surface area contributed by atoms with Gasteiger partial charge in [0.25, 0.3) is 5.91 Å². The van der Waals surface area contributed by atoms with Crippen molar-refractivity contribution in [2.75, 3.05) is 13.2 Å². The minimum Gasteiger partial charge on any atom is -0.486 e. The number of nitrogens with one attached hydrogen (secondary N) is 1. The number of carbonyl (C=O) groups is 1. The van der Waals surface area contributed by atoms with Crippen molar-refractivity contribution in [2.45, 2.75) is 13.2 Å². The molecule has 0 unspecified atom stereocenters. The van der Waals surface area contributed by atoms with E-state index in [9.17, 15) is 4.79 Å². The van der Waals surface area contributed by atoms with Crippen molar-refractivity contribution >= 4 is 21.8 Å². The predicted molar refractivity (Wildman–Crippen MR) is 121 cm³/mol. The van der Waals surface area contributed by atoms with Crippen LogP contribution in [0.5, 0.6) is 17.2 Å². The minimum atomic E-state index is -0.353. The van der Waals surface area contributed by atoms with Crippen LogP contribution >= 0.6 is 15.9 Å². The van der Waals surface area contributed by atoms with Crippen LogP contribution in [0.15, 0.2) is 74.1 Å². The van der Waals surface area contributed by atoms with Gasteiger partial charge in [-0.05, 0) is 54.6 Å². The van der Waals surface area contributed by atoms with E-state index in [2.05, 4.69) is 26.4 Å². The molecule has 0 bridgehead atoms. The maximum Gasteiger partial charge on any atom is 0.287 e. The van der Waals surface area contributed by atoms with Crippen LogP contribution in [0, 0.1) is 0 Å². The molecule has 0 atom stereocenters. The van der Waals surface area contributed by atoms with E-state index >= 15 is 0 Å². The summed E-state index contributed by atoms with van der Waals surface area (Å²) in [6, 6.07) is 18.1. The van der Waals surface area contributed by atoms with Gasteiger partial charge < -0.3 is 28.5 Å². The maximum absolute atomic E-state index is 12.4. The summed E-state index contributed by atoms with van der Waals surface area (Å²) in [5.41, 5.74) is 1.39. The number of amides is 1. The molecule has 0 saturated heterocycles. The highest BCUT2D eigenvalue weighted by Gasteiger charge is 2.16. The van der Waals surface area contributed by atoms with Crippen molar-refractivity contribution in [1.82, 2.24) is 10.5 Å². The first-order valence-corrected chi connectivity index (χ1v) is 11.0. The van der Waals surface area contributed by atoms with Crippen LogP contribution in [0.1, 0.15) is 22.0 Å². The van der Waals surface area contributed by atoms with E-state index in [4.69, 9.17) is 23.2 Å². The molecule has 1 N–H and O–H groups in total. The van der Waals surface area contributed by atoms with Gasteiger partial charge in [0.1, 0.15) is 37.0 Å². The standard InChI is InChI=1S/C24H19BrN2O6/c25-16-2-4-18(5-3-16)31-14-19-6-8-21(32-19)24(28)26-13-17-12-22(33-27-17)15-1-7-20-23(11-15)30-10-9-29-20/h1-8,11-12H,9-10,13-14H2,(H,26,28). The third-order valence-corrected chi connectivity index (χ3v) is 5.42. The van der Waals surface area contributed by atoms with Crippen LogP contribution in [0.2, 0.25) is 0 Å². The summed E-state index contributed by atoms with van der Waals surface area (Å²) in [6.07, 6.45) is 0. The SMILES string of the molecule is O=C(NCc1cc(-c2ccc3c(c2)OCCO3)on1)c1ccc(COc2ccc(Br)cc2)o1. The number of halogens is 1. The van der Waals surface area contributed by atoms with Gasteiger partial charge in [-0.2, -0.15) is 0 Å². The second-order valence-electron chi connectivity index (χ2n) is 7.23. The molecular weight excluding hydrogens is 492 g/mol. The first-order valence-electron chi connectivity index (χ1n) is 10.2. The van der Waals surface area contributed by atoms with Gasteiger partial charge in [0, 0.05) is 16.1 Å². The maximum atomic E-state index is 12.4. The van der Waals surface area contributed by atoms with Gasteiger partial charge in [-0.25, -0.2) is 0 Å². The summed E-state index contributed by atoms with van der Waals surface area (Å²) in [7, 11) is 0. The van der Waals surface area contributed by atoms with Gasteiger partial charge in [0.15, 0.2) is 23.0 Å². The average Bonchev–Trinajstić information content (AvgIpc) is 3.52. The van der Waals surface area contributed by atoms with E-state index in [1.807, 2.05) is 42.5 Å². The Hall–Kier alpha value is -3.72. The number of ether oxygens (including phenoxy) is 3. The van der Waals surface area contributed by atoms with Gasteiger partial charge in [0.2, 0.25) is 0 Å². The zero-order valence-electron chi connectivity index (χ0n) is 17.4. The molecule has 1 amide bonds. The number of hydrogen-bond acceptors (Lipinski definition) is 7. The Balaban J connectivity index is 1.16. The number of fused-ring (bicyclic) bond motifs is 1. The lowest BCUT2D eigenvalue weighted by Crippen LogP contribution is -2.22. The highest BCUT2D eigenvalue weighted by atomic mass is 79.9. The third-order valence-electron chi connectivity index (χ3n) is 4.90. The molecule has 1 aliphatic heterocycles. The van der Waals surface area contributed by atoms with Crippen molar-refractivity contribution in [3.05, 3.63) is 82.4 Å². The fourth-order valence-electron chi connectivity index (χ4n) is 3.25. The van der Waals surface area contributed by atoms with E-state index < -0.39 is 0 Å². The molecule has 1 aliphatic rings. The minimum absolute atomic E-state index is 0.193. The second-order valence-corrected chi connectivity index (χ2v) is 8.15. The zero-order valence-corrected chi connectivity index (χ0v) is 19.0. The van der Waals surface area contributed by atoms with Gasteiger partial charge >= 0.3 is 0 Å². The number of hydrogen-bond donors (Lipinski definition) is 1. The number of carbonyl (C=O) groups excluding carboxylic acids is 1. The molecule has 0 saturated carbocycles. The monoisotopic (exact) mass is 510 g/mol. The smallest absolute Gasteiger partial charge is 0.287 e. The van der Waals surface area contributed by atoms with Crippen molar-refractivity contribution in [1.29, 1.82) is 0 Å². The molecule has 33 heavy (non-hydrogen) atoms. The highest BCUT2D eigenvalue weighted by molar-refractivity contribution is 9.10. The summed E-state index contributed by atoms with van der Waals surface area (Å²) in [4.78, 5) is 12.4. The Morgan fingerprint density at radius 1 is 1.00 bits per heavy atom. The topological polar surface area (TPSA) is 96.0 Å². The Labute approximate surface area is 197 Å². The summed E-state index contributed by atoms with van der Waals surface area (Å²) in [5, 5.41) is 6.81. The molecule has 8 nitrogen and oxygen atoms in total. The highest BCUT2D eigenvalue weighted by Crippen LogP contribution is 2.34. The lowest BCUT2D eigenvalue weighted by Gasteiger charge is -2.18. The Bertz CT molecular complexity index is 1260. The third kappa shape index (κ3) is 5.04. The van der Waals surface area contributed by atoms with E-state index in [0.29, 0.717) is 47.7 Å². The summed E-state index contributed by atoms with van der Waals surface area (Å²) in [5.74, 6) is 3.04. The van der Waals surface area contributed by atoms with Crippen LogP contribution in [0.25, 0.3) is 11.3 Å². The number of furan rings is 1. The molecule has 0 spiro atoms. The zero-order chi connectivity index (χ0) is 22.6. The van der Waals surface area contributed by atoms with E-state index in [-0.39, 0.29) is 24.8 Å². The fourth-order valence-corrected chi connectivity index (χ4v) is 3.51. The number of benzene rings is 2. The van der Waals surface area contributed by atoms with Crippen molar-refractivity contribution in [2.24, 2.45) is 0 Å². The largest absolute Gasteiger partial charge is 0.486 e. The van der Waals surface area contributed by atoms with E-state index in [0.717, 1.165) is 10.0 Å². The molecule has 0 radical (unpaired) electrons. The molecule has 2 aromatic carbocycles. The lowest BCUT2D eigenvalue weighted by molar-refractivity contribution is 0.0918. The molecule has 0 fully saturated rings. The normalized spacial score (nSPS) is 12.4. The number of aromatic nitrogens is 1. The second kappa shape index (κ2) is 9.41. The van der Waals surface area contributed by atoms with Crippen LogP contribution in [0.4, 0.5) is 0 Å². The van der Waals surface area contributed by atoms with Crippen molar-refractivity contribution < 1.29 is 27.9 Å². The van der Waals surface area contributed by atoms with Crippen LogP contribution in [0.3, 0.4) is 0 Å². The molecule has 3 heterocycles. The molecule has 9 heteroatoms.